The van der Waals surface area contributed by atoms with Crippen molar-refractivity contribution in [2.75, 3.05) is 11.9 Å². The predicted octanol–water partition coefficient (Wildman–Crippen LogP) is 4.62. The molecule has 4 heteroatoms. The SMILES string of the molecule is Cc1cccc(NC(=S)N2CCCC[C@H]2c2cccnc2)c1C. The van der Waals surface area contributed by atoms with Gasteiger partial charge in [-0.15, -0.1) is 0 Å². The first-order chi connectivity index (χ1) is 11.2. The maximum atomic E-state index is 5.73. The Labute approximate surface area is 143 Å². The number of hydrogen-bond donors (Lipinski definition) is 1. The average molecular weight is 325 g/mol. The normalized spacial score (nSPS) is 17.8. The van der Waals surface area contributed by atoms with Gasteiger partial charge in [-0.05, 0) is 74.2 Å². The summed E-state index contributed by atoms with van der Waals surface area (Å²) in [4.78, 5) is 6.59. The minimum Gasteiger partial charge on any atom is -0.342 e. The van der Waals surface area contributed by atoms with E-state index in [1.54, 1.807) is 0 Å². The molecule has 1 saturated heterocycles. The summed E-state index contributed by atoms with van der Waals surface area (Å²) in [6.07, 6.45) is 7.33. The molecule has 2 aromatic rings. The van der Waals surface area contributed by atoms with E-state index in [2.05, 4.69) is 53.3 Å². The van der Waals surface area contributed by atoms with Gasteiger partial charge in [-0.25, -0.2) is 0 Å². The van der Waals surface area contributed by atoms with E-state index in [0.29, 0.717) is 6.04 Å². The molecular weight excluding hydrogens is 302 g/mol. The number of piperidine rings is 1. The quantitative estimate of drug-likeness (QED) is 0.815. The molecule has 3 nitrogen and oxygen atoms in total. The number of nitrogens with one attached hydrogen (secondary N) is 1. The van der Waals surface area contributed by atoms with E-state index in [-0.39, 0.29) is 0 Å². The van der Waals surface area contributed by atoms with Gasteiger partial charge in [0.2, 0.25) is 0 Å². The van der Waals surface area contributed by atoms with Gasteiger partial charge < -0.3 is 10.2 Å². The number of benzene rings is 1. The molecule has 23 heavy (non-hydrogen) atoms. The molecule has 1 aliphatic rings. The summed E-state index contributed by atoms with van der Waals surface area (Å²) in [6, 6.07) is 10.8. The van der Waals surface area contributed by atoms with Crippen LogP contribution in [0.1, 0.15) is 42.0 Å². The van der Waals surface area contributed by atoms with Gasteiger partial charge in [0, 0.05) is 24.6 Å². The van der Waals surface area contributed by atoms with Gasteiger partial charge >= 0.3 is 0 Å². The van der Waals surface area contributed by atoms with Crippen LogP contribution in [-0.4, -0.2) is 21.5 Å². The number of rotatable bonds is 2. The molecule has 1 aromatic carbocycles. The first-order valence-electron chi connectivity index (χ1n) is 8.20. The van der Waals surface area contributed by atoms with Crippen molar-refractivity contribution in [3.05, 3.63) is 59.4 Å². The Hall–Kier alpha value is -1.94. The number of likely N-dealkylation sites (tertiary alicyclic amines) is 1. The molecular formula is C19H23N3S. The zero-order valence-corrected chi connectivity index (χ0v) is 14.6. The fourth-order valence-electron chi connectivity index (χ4n) is 3.17. The van der Waals surface area contributed by atoms with Crippen LogP contribution in [0.25, 0.3) is 0 Å². The van der Waals surface area contributed by atoms with Gasteiger partial charge in [-0.3, -0.25) is 4.98 Å². The van der Waals surface area contributed by atoms with Crippen molar-refractivity contribution in [3.8, 4) is 0 Å². The van der Waals surface area contributed by atoms with Crippen molar-refractivity contribution in [2.45, 2.75) is 39.2 Å². The van der Waals surface area contributed by atoms with Crippen molar-refractivity contribution >= 4 is 23.0 Å². The van der Waals surface area contributed by atoms with Crippen molar-refractivity contribution < 1.29 is 0 Å². The minimum absolute atomic E-state index is 0.322. The lowest BCUT2D eigenvalue weighted by atomic mass is 9.97. The molecule has 2 heterocycles. The fraction of sp³-hybridized carbons (Fsp3) is 0.368. The second-order valence-corrected chi connectivity index (χ2v) is 6.56. The summed E-state index contributed by atoms with van der Waals surface area (Å²) < 4.78 is 0. The lowest BCUT2D eigenvalue weighted by molar-refractivity contribution is 0.248. The molecule has 0 unspecified atom stereocenters. The van der Waals surface area contributed by atoms with E-state index >= 15 is 0 Å². The van der Waals surface area contributed by atoms with Crippen molar-refractivity contribution in [3.63, 3.8) is 0 Å². The maximum Gasteiger partial charge on any atom is 0.173 e. The van der Waals surface area contributed by atoms with Crippen molar-refractivity contribution in [1.82, 2.24) is 9.88 Å². The average Bonchev–Trinajstić information content (AvgIpc) is 2.60. The lowest BCUT2D eigenvalue weighted by Crippen LogP contribution is -2.41. The highest BCUT2D eigenvalue weighted by atomic mass is 32.1. The molecule has 0 saturated carbocycles. The van der Waals surface area contributed by atoms with Crippen LogP contribution in [0.5, 0.6) is 0 Å². The molecule has 0 radical (unpaired) electrons. The molecule has 0 bridgehead atoms. The Balaban J connectivity index is 1.80. The van der Waals surface area contributed by atoms with E-state index in [1.165, 1.54) is 29.5 Å². The molecule has 1 N–H and O–H groups in total. The monoisotopic (exact) mass is 325 g/mol. The largest absolute Gasteiger partial charge is 0.342 e. The number of anilines is 1. The summed E-state index contributed by atoms with van der Waals surface area (Å²) >= 11 is 5.73. The summed E-state index contributed by atoms with van der Waals surface area (Å²) in [6.45, 7) is 5.26. The second kappa shape index (κ2) is 7.09. The Morgan fingerprint density at radius 1 is 1.22 bits per heavy atom. The van der Waals surface area contributed by atoms with E-state index < -0.39 is 0 Å². The van der Waals surface area contributed by atoms with Crippen LogP contribution in [0.4, 0.5) is 5.69 Å². The van der Waals surface area contributed by atoms with E-state index in [0.717, 1.165) is 23.8 Å². The van der Waals surface area contributed by atoms with Crippen molar-refractivity contribution in [1.29, 1.82) is 0 Å². The Morgan fingerprint density at radius 3 is 2.87 bits per heavy atom. The van der Waals surface area contributed by atoms with Crippen LogP contribution in [0.3, 0.4) is 0 Å². The smallest absolute Gasteiger partial charge is 0.173 e. The van der Waals surface area contributed by atoms with Gasteiger partial charge in [0.05, 0.1) is 6.04 Å². The molecule has 0 amide bonds. The van der Waals surface area contributed by atoms with Crippen molar-refractivity contribution in [2.24, 2.45) is 0 Å². The highest BCUT2D eigenvalue weighted by Gasteiger charge is 2.26. The molecule has 0 aliphatic carbocycles. The molecule has 1 aromatic heterocycles. The Bertz CT molecular complexity index is 684. The topological polar surface area (TPSA) is 28.2 Å². The zero-order chi connectivity index (χ0) is 16.2. The summed E-state index contributed by atoms with van der Waals surface area (Å²) in [5, 5.41) is 4.27. The van der Waals surface area contributed by atoms with Gasteiger partial charge in [-0.1, -0.05) is 18.2 Å². The fourth-order valence-corrected chi connectivity index (χ4v) is 3.50. The number of aromatic nitrogens is 1. The molecule has 3 rings (SSSR count). The second-order valence-electron chi connectivity index (χ2n) is 6.17. The van der Waals surface area contributed by atoms with E-state index in [4.69, 9.17) is 12.2 Å². The standard InChI is InChI=1S/C19H23N3S/c1-14-7-5-9-17(15(14)2)21-19(23)22-12-4-3-10-18(22)16-8-6-11-20-13-16/h5-9,11,13,18H,3-4,10,12H2,1-2H3,(H,21,23)/t18-/m0/s1. The van der Waals surface area contributed by atoms with E-state index in [9.17, 15) is 0 Å². The van der Waals surface area contributed by atoms with E-state index in [1.807, 2.05) is 18.5 Å². The first-order valence-corrected chi connectivity index (χ1v) is 8.61. The number of nitrogens with zero attached hydrogens (tertiary/aromatic N) is 2. The van der Waals surface area contributed by atoms with Crippen LogP contribution in [-0.2, 0) is 0 Å². The van der Waals surface area contributed by atoms with Gasteiger partial charge in [-0.2, -0.15) is 0 Å². The predicted molar refractivity (Wildman–Crippen MR) is 99.7 cm³/mol. The highest BCUT2D eigenvalue weighted by Crippen LogP contribution is 2.31. The third-order valence-electron chi connectivity index (χ3n) is 4.68. The molecule has 0 spiro atoms. The summed E-state index contributed by atoms with van der Waals surface area (Å²) in [5.41, 5.74) is 4.88. The zero-order valence-electron chi connectivity index (χ0n) is 13.7. The Kier molecular flexibility index (Phi) is 4.91. The third kappa shape index (κ3) is 3.53. The summed E-state index contributed by atoms with van der Waals surface area (Å²) in [5.74, 6) is 0. The van der Waals surface area contributed by atoms with Gasteiger partial charge in [0.15, 0.2) is 5.11 Å². The molecule has 1 fully saturated rings. The van der Waals surface area contributed by atoms with Gasteiger partial charge in [0.25, 0.3) is 0 Å². The molecule has 1 atom stereocenters. The van der Waals surface area contributed by atoms with Crippen LogP contribution in [0.2, 0.25) is 0 Å². The van der Waals surface area contributed by atoms with Crippen LogP contribution in [0, 0.1) is 13.8 Å². The minimum atomic E-state index is 0.322. The molecule has 120 valence electrons. The maximum absolute atomic E-state index is 5.73. The highest BCUT2D eigenvalue weighted by molar-refractivity contribution is 7.80. The lowest BCUT2D eigenvalue weighted by Gasteiger charge is -2.38. The number of hydrogen-bond acceptors (Lipinski definition) is 2. The van der Waals surface area contributed by atoms with Crippen LogP contribution in [0.15, 0.2) is 42.7 Å². The number of thiocarbonyl (C=S) groups is 1. The number of aryl methyl sites for hydroxylation is 1. The molecule has 1 aliphatic heterocycles. The Morgan fingerprint density at radius 2 is 2.09 bits per heavy atom. The van der Waals surface area contributed by atoms with Gasteiger partial charge in [0.1, 0.15) is 0 Å². The first kappa shape index (κ1) is 15.9. The summed E-state index contributed by atoms with van der Waals surface area (Å²) in [7, 11) is 0. The van der Waals surface area contributed by atoms with Crippen LogP contribution < -0.4 is 5.32 Å². The third-order valence-corrected chi connectivity index (χ3v) is 5.02. The number of pyridine rings is 1. The van der Waals surface area contributed by atoms with Crippen LogP contribution >= 0.6 is 12.2 Å².